The van der Waals surface area contributed by atoms with Crippen LogP contribution in [-0.4, -0.2) is 20.4 Å². The third kappa shape index (κ3) is 6.02. The third-order valence-corrected chi connectivity index (χ3v) is 6.62. The first-order valence-corrected chi connectivity index (χ1v) is 12.0. The summed E-state index contributed by atoms with van der Waals surface area (Å²) in [5.41, 5.74) is 2.80. The first kappa shape index (κ1) is 23.6. The molecule has 0 aromatic heterocycles. The molecule has 1 atom stereocenters. The van der Waals surface area contributed by atoms with Gasteiger partial charge in [0.1, 0.15) is 5.75 Å². The lowest BCUT2D eigenvalue weighted by molar-refractivity contribution is -0.122. The zero-order chi connectivity index (χ0) is 23.3. The van der Waals surface area contributed by atoms with E-state index in [0.29, 0.717) is 28.6 Å². The third-order valence-electron chi connectivity index (χ3n) is 4.82. The molecule has 32 heavy (non-hydrogen) atoms. The SMILES string of the molecule is CC[C@H](Oc1ccc(C)cc1)C(=O)Nc1ccc(S(=O)(=O)Nc2ccc(C)c(Cl)c2)cc1. The zero-order valence-electron chi connectivity index (χ0n) is 18.1. The Labute approximate surface area is 193 Å². The number of aryl methyl sites for hydroxylation is 2. The molecular formula is C24H25ClN2O4S. The van der Waals surface area contributed by atoms with Gasteiger partial charge in [-0.2, -0.15) is 0 Å². The summed E-state index contributed by atoms with van der Waals surface area (Å²) in [6, 6.07) is 18.3. The average molecular weight is 473 g/mol. The van der Waals surface area contributed by atoms with E-state index in [1.165, 1.54) is 24.3 Å². The van der Waals surface area contributed by atoms with Crippen molar-refractivity contribution in [3.8, 4) is 5.75 Å². The van der Waals surface area contributed by atoms with Crippen molar-refractivity contribution in [2.45, 2.75) is 38.2 Å². The molecule has 3 rings (SSSR count). The van der Waals surface area contributed by atoms with Crippen LogP contribution in [0.4, 0.5) is 11.4 Å². The maximum Gasteiger partial charge on any atom is 0.265 e. The number of hydrogen-bond donors (Lipinski definition) is 2. The number of anilines is 2. The number of rotatable bonds is 8. The Hall–Kier alpha value is -3.03. The molecule has 168 valence electrons. The Bertz CT molecular complexity index is 1190. The van der Waals surface area contributed by atoms with E-state index in [1.807, 2.05) is 45.0 Å². The Morgan fingerprint density at radius 2 is 1.59 bits per heavy atom. The first-order chi connectivity index (χ1) is 15.2. The van der Waals surface area contributed by atoms with Crippen molar-refractivity contribution in [2.24, 2.45) is 0 Å². The van der Waals surface area contributed by atoms with Gasteiger partial charge in [-0.15, -0.1) is 0 Å². The molecule has 0 saturated carbocycles. The minimum Gasteiger partial charge on any atom is -0.481 e. The molecule has 3 aromatic rings. The van der Waals surface area contributed by atoms with Crippen molar-refractivity contribution in [3.05, 3.63) is 82.9 Å². The minimum atomic E-state index is -3.80. The molecule has 6 nitrogen and oxygen atoms in total. The minimum absolute atomic E-state index is 0.0649. The van der Waals surface area contributed by atoms with E-state index < -0.39 is 16.1 Å². The van der Waals surface area contributed by atoms with Gasteiger partial charge in [0, 0.05) is 10.7 Å². The van der Waals surface area contributed by atoms with E-state index in [4.69, 9.17) is 16.3 Å². The van der Waals surface area contributed by atoms with Crippen molar-refractivity contribution in [1.82, 2.24) is 0 Å². The predicted molar refractivity (Wildman–Crippen MR) is 128 cm³/mol. The summed E-state index contributed by atoms with van der Waals surface area (Å²) in [5.74, 6) is 0.303. The molecule has 0 aliphatic carbocycles. The highest BCUT2D eigenvalue weighted by atomic mass is 35.5. The molecule has 0 spiro atoms. The Morgan fingerprint density at radius 3 is 2.19 bits per heavy atom. The maximum absolute atomic E-state index is 12.7. The highest BCUT2D eigenvalue weighted by Crippen LogP contribution is 2.23. The number of nitrogens with one attached hydrogen (secondary N) is 2. The van der Waals surface area contributed by atoms with Gasteiger partial charge in [0.15, 0.2) is 6.10 Å². The van der Waals surface area contributed by atoms with Gasteiger partial charge in [-0.25, -0.2) is 8.42 Å². The number of amides is 1. The van der Waals surface area contributed by atoms with Crippen LogP contribution in [0.3, 0.4) is 0 Å². The van der Waals surface area contributed by atoms with Gasteiger partial charge in [-0.1, -0.05) is 42.3 Å². The van der Waals surface area contributed by atoms with Gasteiger partial charge in [0.05, 0.1) is 10.6 Å². The van der Waals surface area contributed by atoms with Gasteiger partial charge in [0.25, 0.3) is 15.9 Å². The quantitative estimate of drug-likeness (QED) is 0.450. The molecular weight excluding hydrogens is 448 g/mol. The van der Waals surface area contributed by atoms with Crippen LogP contribution in [-0.2, 0) is 14.8 Å². The van der Waals surface area contributed by atoms with Crippen LogP contribution in [0.25, 0.3) is 0 Å². The van der Waals surface area contributed by atoms with Crippen LogP contribution in [0.2, 0.25) is 5.02 Å². The summed E-state index contributed by atoms with van der Waals surface area (Å²) in [6.45, 7) is 5.67. The number of sulfonamides is 1. The molecule has 0 saturated heterocycles. The fourth-order valence-corrected chi connectivity index (χ4v) is 4.14. The molecule has 1 amide bonds. The van der Waals surface area contributed by atoms with Gasteiger partial charge in [-0.05, 0) is 74.4 Å². The van der Waals surface area contributed by atoms with Gasteiger partial charge < -0.3 is 10.1 Å². The van der Waals surface area contributed by atoms with Gasteiger partial charge in [0.2, 0.25) is 0 Å². The van der Waals surface area contributed by atoms with Crippen LogP contribution in [0, 0.1) is 13.8 Å². The van der Waals surface area contributed by atoms with E-state index in [-0.39, 0.29) is 10.8 Å². The highest BCUT2D eigenvalue weighted by Gasteiger charge is 2.19. The highest BCUT2D eigenvalue weighted by molar-refractivity contribution is 7.92. The molecule has 2 N–H and O–H groups in total. The number of carbonyl (C=O) groups excluding carboxylic acids is 1. The average Bonchev–Trinajstić information content (AvgIpc) is 2.76. The fraction of sp³-hybridized carbons (Fsp3) is 0.208. The zero-order valence-corrected chi connectivity index (χ0v) is 19.6. The lowest BCUT2D eigenvalue weighted by Crippen LogP contribution is -2.32. The summed E-state index contributed by atoms with van der Waals surface area (Å²) < 4.78 is 33.6. The predicted octanol–water partition coefficient (Wildman–Crippen LogP) is 5.55. The Morgan fingerprint density at radius 1 is 0.969 bits per heavy atom. The second kappa shape index (κ2) is 10.1. The number of hydrogen-bond acceptors (Lipinski definition) is 4. The van der Waals surface area contributed by atoms with Crippen LogP contribution < -0.4 is 14.8 Å². The summed E-state index contributed by atoms with van der Waals surface area (Å²) in [7, 11) is -3.80. The summed E-state index contributed by atoms with van der Waals surface area (Å²) in [4.78, 5) is 12.7. The van der Waals surface area contributed by atoms with E-state index in [2.05, 4.69) is 10.0 Å². The summed E-state index contributed by atoms with van der Waals surface area (Å²) in [6.07, 6.45) is -0.191. The fourth-order valence-electron chi connectivity index (χ4n) is 2.91. The molecule has 8 heteroatoms. The van der Waals surface area contributed by atoms with E-state index >= 15 is 0 Å². The normalized spacial score (nSPS) is 12.1. The Balaban J connectivity index is 1.66. The number of carbonyl (C=O) groups is 1. The van der Waals surface area contributed by atoms with E-state index in [9.17, 15) is 13.2 Å². The second-order valence-corrected chi connectivity index (χ2v) is 9.50. The van der Waals surface area contributed by atoms with Crippen molar-refractivity contribution < 1.29 is 17.9 Å². The molecule has 0 heterocycles. The second-order valence-electron chi connectivity index (χ2n) is 7.41. The molecule has 0 fully saturated rings. The van der Waals surface area contributed by atoms with Crippen LogP contribution in [0.15, 0.2) is 71.6 Å². The summed E-state index contributed by atoms with van der Waals surface area (Å²) in [5, 5.41) is 3.24. The summed E-state index contributed by atoms with van der Waals surface area (Å²) >= 11 is 6.07. The maximum atomic E-state index is 12.7. The molecule has 0 aliphatic rings. The lowest BCUT2D eigenvalue weighted by Gasteiger charge is -2.17. The van der Waals surface area contributed by atoms with Crippen molar-refractivity contribution >= 4 is 38.9 Å². The van der Waals surface area contributed by atoms with Crippen molar-refractivity contribution in [2.75, 3.05) is 10.0 Å². The van der Waals surface area contributed by atoms with Crippen molar-refractivity contribution in [3.63, 3.8) is 0 Å². The molecule has 0 unspecified atom stereocenters. The van der Waals surface area contributed by atoms with Gasteiger partial charge >= 0.3 is 0 Å². The Kier molecular flexibility index (Phi) is 7.43. The van der Waals surface area contributed by atoms with E-state index in [0.717, 1.165) is 11.1 Å². The monoisotopic (exact) mass is 472 g/mol. The first-order valence-electron chi connectivity index (χ1n) is 10.1. The van der Waals surface area contributed by atoms with Crippen molar-refractivity contribution in [1.29, 1.82) is 0 Å². The number of halogens is 1. The molecule has 0 radical (unpaired) electrons. The standard InChI is InChI=1S/C24H25ClN2O4S/c1-4-23(31-20-11-5-16(2)6-12-20)24(28)26-18-9-13-21(14-10-18)32(29,30)27-19-8-7-17(3)22(25)15-19/h5-15,23,27H,4H2,1-3H3,(H,26,28)/t23-/m0/s1. The smallest absolute Gasteiger partial charge is 0.265 e. The molecule has 0 aliphatic heterocycles. The largest absolute Gasteiger partial charge is 0.481 e. The number of ether oxygens (including phenoxy) is 1. The van der Waals surface area contributed by atoms with Crippen LogP contribution >= 0.6 is 11.6 Å². The van der Waals surface area contributed by atoms with Gasteiger partial charge in [-0.3, -0.25) is 9.52 Å². The van der Waals surface area contributed by atoms with E-state index in [1.54, 1.807) is 18.2 Å². The topological polar surface area (TPSA) is 84.5 Å². The van der Waals surface area contributed by atoms with Crippen LogP contribution in [0.5, 0.6) is 5.75 Å². The number of benzene rings is 3. The molecule has 0 bridgehead atoms. The lowest BCUT2D eigenvalue weighted by atomic mass is 10.2. The van der Waals surface area contributed by atoms with Crippen LogP contribution in [0.1, 0.15) is 24.5 Å². The molecule has 3 aromatic carbocycles.